The van der Waals surface area contributed by atoms with Crippen molar-refractivity contribution < 1.29 is 24.3 Å². The summed E-state index contributed by atoms with van der Waals surface area (Å²) in [6, 6.07) is 0. The molecule has 0 spiro atoms. The highest BCUT2D eigenvalue weighted by molar-refractivity contribution is 9.10. The van der Waals surface area contributed by atoms with Crippen molar-refractivity contribution in [2.75, 3.05) is 19.5 Å². The number of halogens is 1. The Morgan fingerprint density at radius 1 is 1.46 bits per heavy atom. The largest absolute Gasteiger partial charge is 0.467 e. The molecule has 0 bridgehead atoms. The number of nitro benzene ring substituents is 1. The molecule has 0 aromatic heterocycles. The highest BCUT2D eigenvalue weighted by Gasteiger charge is 2.36. The van der Waals surface area contributed by atoms with Gasteiger partial charge in [-0.3, -0.25) is 10.1 Å². The number of methoxy groups -OCH3 is 1. The highest BCUT2D eigenvalue weighted by atomic mass is 79.9. The molecule has 0 aliphatic rings. The number of ether oxygens (including phenoxy) is 2. The Bertz CT molecular complexity index is 789. The van der Waals surface area contributed by atoms with Crippen molar-refractivity contribution in [3.63, 3.8) is 0 Å². The number of nitrogen functional groups attached to an aromatic ring is 1. The molecule has 1 rings (SSSR count). The maximum atomic E-state index is 12.3. The lowest BCUT2D eigenvalue weighted by atomic mass is 9.96. The van der Waals surface area contributed by atoms with Gasteiger partial charge in [0.1, 0.15) is 12.3 Å². The molecule has 142 valence electrons. The molecule has 9 heteroatoms. The van der Waals surface area contributed by atoms with E-state index in [1.807, 2.05) is 0 Å². The summed E-state index contributed by atoms with van der Waals surface area (Å²) < 4.78 is 10.9. The first-order valence-electron chi connectivity index (χ1n) is 7.57. The van der Waals surface area contributed by atoms with Crippen molar-refractivity contribution in [1.29, 1.82) is 0 Å². The van der Waals surface area contributed by atoms with E-state index in [1.54, 1.807) is 20.8 Å². The Balaban J connectivity index is 3.89. The average Bonchev–Trinajstić information content (AvgIpc) is 2.51. The number of carbonyl (C=O) groups is 1. The number of nitrogens with zero attached hydrogens (tertiary/aromatic N) is 1. The van der Waals surface area contributed by atoms with Crippen LogP contribution in [-0.4, -0.2) is 35.3 Å². The molecule has 1 atom stereocenters. The van der Waals surface area contributed by atoms with E-state index in [0.717, 1.165) is 0 Å². The molecule has 26 heavy (non-hydrogen) atoms. The van der Waals surface area contributed by atoms with Crippen molar-refractivity contribution in [3.05, 3.63) is 31.3 Å². The fourth-order valence-electron chi connectivity index (χ4n) is 2.35. The predicted molar refractivity (Wildman–Crippen MR) is 99.5 cm³/mol. The first kappa shape index (κ1) is 21.9. The van der Waals surface area contributed by atoms with E-state index in [9.17, 15) is 14.9 Å². The molecule has 0 heterocycles. The lowest BCUT2D eigenvalue weighted by Crippen LogP contribution is -2.29. The summed E-state index contributed by atoms with van der Waals surface area (Å²) in [7, 11) is 1.20. The number of aliphatic hydroxyl groups is 1. The molecule has 1 aromatic rings. The number of aliphatic hydroxyl groups excluding tert-OH is 1. The SMILES string of the molecule is COC(=O)[C@@H](OC(C)(C)C)c1c(C)c([N+](=O)[O-])c(N)c(C#CCO)c1Br. The van der Waals surface area contributed by atoms with E-state index in [0.29, 0.717) is 0 Å². The van der Waals surface area contributed by atoms with Gasteiger partial charge in [-0.05, 0) is 43.6 Å². The second kappa shape index (κ2) is 8.49. The van der Waals surface area contributed by atoms with Crippen LogP contribution in [-0.2, 0) is 14.3 Å². The molecule has 1 aromatic carbocycles. The second-order valence-electron chi connectivity index (χ2n) is 6.34. The van der Waals surface area contributed by atoms with Gasteiger partial charge in [-0.1, -0.05) is 11.8 Å². The summed E-state index contributed by atoms with van der Waals surface area (Å²) in [6.07, 6.45) is -1.23. The number of hydrogen-bond acceptors (Lipinski definition) is 7. The van der Waals surface area contributed by atoms with Crippen molar-refractivity contribution in [2.24, 2.45) is 0 Å². The molecule has 0 saturated carbocycles. The third kappa shape index (κ3) is 4.72. The van der Waals surface area contributed by atoms with Crippen LogP contribution in [0, 0.1) is 28.9 Å². The quantitative estimate of drug-likeness (QED) is 0.248. The second-order valence-corrected chi connectivity index (χ2v) is 7.13. The summed E-state index contributed by atoms with van der Waals surface area (Å²) in [6.45, 7) is 6.24. The van der Waals surface area contributed by atoms with Gasteiger partial charge >= 0.3 is 5.97 Å². The zero-order valence-corrected chi connectivity index (χ0v) is 16.8. The minimum absolute atomic E-state index is 0.0952. The normalized spacial score (nSPS) is 12.1. The van der Waals surface area contributed by atoms with Crippen molar-refractivity contribution >= 4 is 33.3 Å². The van der Waals surface area contributed by atoms with E-state index >= 15 is 0 Å². The average molecular weight is 429 g/mol. The van der Waals surface area contributed by atoms with Crippen LogP contribution in [0.15, 0.2) is 4.47 Å². The molecule has 0 radical (unpaired) electrons. The first-order chi connectivity index (χ1) is 12.0. The number of hydrogen-bond donors (Lipinski definition) is 2. The van der Waals surface area contributed by atoms with Gasteiger partial charge in [0, 0.05) is 15.6 Å². The van der Waals surface area contributed by atoms with Crippen LogP contribution < -0.4 is 5.73 Å². The fraction of sp³-hybridized carbons (Fsp3) is 0.471. The van der Waals surface area contributed by atoms with Crippen LogP contribution in [0.25, 0.3) is 0 Å². The smallest absolute Gasteiger partial charge is 0.339 e. The summed E-state index contributed by atoms with van der Waals surface area (Å²) >= 11 is 3.33. The van der Waals surface area contributed by atoms with E-state index in [-0.39, 0.29) is 32.5 Å². The van der Waals surface area contributed by atoms with Crippen LogP contribution in [0.1, 0.15) is 43.6 Å². The molecule has 0 saturated heterocycles. The summed E-state index contributed by atoms with van der Waals surface area (Å²) in [5.74, 6) is 4.27. The number of rotatable bonds is 4. The van der Waals surface area contributed by atoms with Gasteiger partial charge in [0.05, 0.1) is 23.2 Å². The minimum atomic E-state index is -1.23. The summed E-state index contributed by atoms with van der Waals surface area (Å²) in [5.41, 5.74) is 5.10. The van der Waals surface area contributed by atoms with Crippen LogP contribution in [0.3, 0.4) is 0 Å². The number of nitro groups is 1. The van der Waals surface area contributed by atoms with Crippen LogP contribution in [0.4, 0.5) is 11.4 Å². The van der Waals surface area contributed by atoms with Gasteiger partial charge in [0.15, 0.2) is 6.10 Å². The molecule has 0 amide bonds. The number of esters is 1. The highest BCUT2D eigenvalue weighted by Crippen LogP contribution is 2.43. The molecular weight excluding hydrogens is 408 g/mol. The third-order valence-electron chi connectivity index (χ3n) is 3.36. The van der Waals surface area contributed by atoms with Gasteiger partial charge in [0.2, 0.25) is 0 Å². The Morgan fingerprint density at radius 2 is 2.04 bits per heavy atom. The van der Waals surface area contributed by atoms with E-state index in [1.165, 1.54) is 14.0 Å². The van der Waals surface area contributed by atoms with E-state index in [4.69, 9.17) is 20.3 Å². The van der Waals surface area contributed by atoms with Crippen molar-refractivity contribution in [1.82, 2.24) is 0 Å². The number of anilines is 1. The van der Waals surface area contributed by atoms with E-state index < -0.39 is 29.2 Å². The van der Waals surface area contributed by atoms with Gasteiger partial charge < -0.3 is 20.3 Å². The lowest BCUT2D eigenvalue weighted by molar-refractivity contribution is -0.384. The number of nitrogens with two attached hydrogens (primary N) is 1. The zero-order chi connectivity index (χ0) is 20.2. The molecule has 0 unspecified atom stereocenters. The summed E-state index contributed by atoms with van der Waals surface area (Å²) in [5, 5.41) is 20.5. The molecular formula is C17H21BrN2O6. The number of benzene rings is 1. The van der Waals surface area contributed by atoms with Gasteiger partial charge in [-0.2, -0.15) is 0 Å². The Morgan fingerprint density at radius 3 is 2.46 bits per heavy atom. The molecule has 0 fully saturated rings. The maximum absolute atomic E-state index is 12.3. The number of carbonyl (C=O) groups excluding carboxylic acids is 1. The van der Waals surface area contributed by atoms with Crippen LogP contribution in [0.5, 0.6) is 0 Å². The Labute approximate surface area is 159 Å². The Kier molecular flexibility index (Phi) is 7.15. The Hall–Kier alpha value is -2.15. The molecule has 0 aliphatic carbocycles. The minimum Gasteiger partial charge on any atom is -0.467 e. The maximum Gasteiger partial charge on any atom is 0.339 e. The fourth-order valence-corrected chi connectivity index (χ4v) is 3.17. The summed E-state index contributed by atoms with van der Waals surface area (Å²) in [4.78, 5) is 23.2. The van der Waals surface area contributed by atoms with Gasteiger partial charge in [0.25, 0.3) is 5.69 Å². The molecule has 0 aliphatic heterocycles. The van der Waals surface area contributed by atoms with Crippen molar-refractivity contribution in [3.8, 4) is 11.8 Å². The standard InChI is InChI=1S/C17H21BrN2O6/c1-9-11(15(16(22)25-5)26-17(2,3)4)12(18)10(7-6-8-21)13(19)14(9)20(23)24/h15,21H,8,19H2,1-5H3/t15-/m0/s1. The molecule has 8 nitrogen and oxygen atoms in total. The zero-order valence-electron chi connectivity index (χ0n) is 15.2. The van der Waals surface area contributed by atoms with Gasteiger partial charge in [-0.25, -0.2) is 4.79 Å². The monoisotopic (exact) mass is 428 g/mol. The molecule has 3 N–H and O–H groups in total. The van der Waals surface area contributed by atoms with Crippen LogP contribution >= 0.6 is 15.9 Å². The third-order valence-corrected chi connectivity index (χ3v) is 4.19. The first-order valence-corrected chi connectivity index (χ1v) is 8.36. The topological polar surface area (TPSA) is 125 Å². The lowest BCUT2D eigenvalue weighted by Gasteiger charge is -2.28. The van der Waals surface area contributed by atoms with E-state index in [2.05, 4.69) is 27.8 Å². The van der Waals surface area contributed by atoms with Crippen molar-refractivity contribution in [2.45, 2.75) is 39.4 Å². The van der Waals surface area contributed by atoms with Gasteiger partial charge in [-0.15, -0.1) is 0 Å². The predicted octanol–water partition coefficient (Wildman–Crippen LogP) is 2.62. The van der Waals surface area contributed by atoms with Crippen LogP contribution in [0.2, 0.25) is 0 Å².